The quantitative estimate of drug-likeness (QED) is 0.711. The van der Waals surface area contributed by atoms with Crippen LogP contribution in [0, 0.1) is 0 Å². The maximum atomic E-state index is 12.0. The second-order valence-electron chi connectivity index (χ2n) is 4.42. The first-order valence-electron chi connectivity index (χ1n) is 6.29. The minimum atomic E-state index is -1.04. The molecular formula is C16H16NNaO3. The topological polar surface area (TPSA) is 66.4 Å². The van der Waals surface area contributed by atoms with Gasteiger partial charge in [0.25, 0.3) is 5.91 Å². The Bertz CT molecular complexity index is 593. The molecule has 0 saturated heterocycles. The van der Waals surface area contributed by atoms with E-state index in [0.29, 0.717) is 5.56 Å². The molecule has 2 rings (SSSR count). The number of benzene rings is 2. The van der Waals surface area contributed by atoms with E-state index in [1.54, 1.807) is 30.3 Å². The van der Waals surface area contributed by atoms with Crippen molar-refractivity contribution in [2.45, 2.75) is 12.5 Å². The first-order valence-corrected chi connectivity index (χ1v) is 6.29. The summed E-state index contributed by atoms with van der Waals surface area (Å²) in [5.74, 6) is -1.42. The van der Waals surface area contributed by atoms with Gasteiger partial charge in [0.2, 0.25) is 0 Å². The third-order valence-corrected chi connectivity index (χ3v) is 2.92. The van der Waals surface area contributed by atoms with Gasteiger partial charge in [0.05, 0.1) is 0 Å². The van der Waals surface area contributed by atoms with Crippen LogP contribution in [0.1, 0.15) is 17.3 Å². The van der Waals surface area contributed by atoms with Gasteiger partial charge in [0.15, 0.2) is 0 Å². The van der Waals surface area contributed by atoms with Crippen molar-refractivity contribution in [2.75, 3.05) is 0 Å². The fourth-order valence-electron chi connectivity index (χ4n) is 1.88. The third kappa shape index (κ3) is 5.34. The first-order chi connectivity index (χ1) is 9.66. The number of carboxylic acids is 1. The van der Waals surface area contributed by atoms with Crippen LogP contribution in [-0.2, 0) is 11.2 Å². The van der Waals surface area contributed by atoms with E-state index < -0.39 is 12.0 Å². The Morgan fingerprint density at radius 3 is 2.05 bits per heavy atom. The standard InChI is InChI=1S/C16H15NO3.Na.H/c18-15(13-9-5-2-6-10-13)17-14(16(19)20)11-12-7-3-1-4-8-12;;/h1-10,14H,11H2,(H,17,18)(H,19,20);;/q;+1;-1. The number of carboxylic acid groups (broad SMARTS) is 1. The summed E-state index contributed by atoms with van der Waals surface area (Å²) < 4.78 is 0. The summed E-state index contributed by atoms with van der Waals surface area (Å²) in [6.45, 7) is 0. The van der Waals surface area contributed by atoms with Crippen molar-refractivity contribution in [3.05, 3.63) is 71.8 Å². The van der Waals surface area contributed by atoms with E-state index in [4.69, 9.17) is 0 Å². The second kappa shape index (κ2) is 8.62. The minimum absolute atomic E-state index is 0. The van der Waals surface area contributed by atoms with Crippen molar-refractivity contribution >= 4 is 11.9 Å². The summed E-state index contributed by atoms with van der Waals surface area (Å²) in [5, 5.41) is 11.8. The van der Waals surface area contributed by atoms with Gasteiger partial charge in [-0.1, -0.05) is 48.5 Å². The molecule has 0 saturated carbocycles. The average Bonchev–Trinajstić information content (AvgIpc) is 2.48. The molecule has 0 aliphatic heterocycles. The smallest absolute Gasteiger partial charge is 1.00 e. The number of hydrogen-bond donors (Lipinski definition) is 2. The molecule has 2 N–H and O–H groups in total. The van der Waals surface area contributed by atoms with Gasteiger partial charge >= 0.3 is 35.5 Å². The zero-order valence-electron chi connectivity index (χ0n) is 12.8. The molecule has 0 fully saturated rings. The summed E-state index contributed by atoms with van der Waals surface area (Å²) in [6.07, 6.45) is 0.259. The van der Waals surface area contributed by atoms with Crippen molar-refractivity contribution in [1.82, 2.24) is 5.32 Å². The molecular weight excluding hydrogens is 277 g/mol. The zero-order valence-corrected chi connectivity index (χ0v) is 13.8. The molecule has 4 nitrogen and oxygen atoms in total. The number of aliphatic carboxylic acids is 1. The summed E-state index contributed by atoms with van der Waals surface area (Å²) in [5.41, 5.74) is 1.32. The largest absolute Gasteiger partial charge is 1.00 e. The molecule has 104 valence electrons. The normalized spacial score (nSPS) is 11.0. The molecule has 1 unspecified atom stereocenters. The van der Waals surface area contributed by atoms with E-state index in [1.807, 2.05) is 30.3 Å². The Labute approximate surface area is 147 Å². The molecule has 1 atom stereocenters. The number of nitrogens with one attached hydrogen (secondary N) is 1. The van der Waals surface area contributed by atoms with Gasteiger partial charge in [-0.25, -0.2) is 4.79 Å². The van der Waals surface area contributed by atoms with Crippen LogP contribution in [0.3, 0.4) is 0 Å². The van der Waals surface area contributed by atoms with Crippen molar-refractivity contribution in [1.29, 1.82) is 0 Å². The monoisotopic (exact) mass is 293 g/mol. The van der Waals surface area contributed by atoms with Gasteiger partial charge in [-0.05, 0) is 17.7 Å². The van der Waals surface area contributed by atoms with Gasteiger partial charge in [-0.3, -0.25) is 4.79 Å². The first kappa shape index (κ1) is 17.4. The molecule has 0 heterocycles. The Balaban J connectivity index is 0.00000220. The molecule has 5 heteroatoms. The van der Waals surface area contributed by atoms with Crippen LogP contribution in [0.25, 0.3) is 0 Å². The summed E-state index contributed by atoms with van der Waals surface area (Å²) in [6, 6.07) is 16.9. The number of carbonyl (C=O) groups is 2. The fourth-order valence-corrected chi connectivity index (χ4v) is 1.88. The van der Waals surface area contributed by atoms with Gasteiger partial charge in [-0.2, -0.15) is 0 Å². The molecule has 2 aromatic rings. The van der Waals surface area contributed by atoms with Gasteiger partial charge in [0.1, 0.15) is 6.04 Å². The Kier molecular flexibility index (Phi) is 7.15. The van der Waals surface area contributed by atoms with E-state index in [1.165, 1.54) is 0 Å². The second-order valence-corrected chi connectivity index (χ2v) is 4.42. The number of amides is 1. The van der Waals surface area contributed by atoms with Crippen LogP contribution >= 0.6 is 0 Å². The molecule has 0 radical (unpaired) electrons. The van der Waals surface area contributed by atoms with Crippen LogP contribution in [0.4, 0.5) is 0 Å². The average molecular weight is 293 g/mol. The van der Waals surface area contributed by atoms with Gasteiger partial charge in [0, 0.05) is 12.0 Å². The van der Waals surface area contributed by atoms with Crippen molar-refractivity contribution < 1.29 is 45.7 Å². The van der Waals surface area contributed by atoms with E-state index in [-0.39, 0.29) is 43.3 Å². The van der Waals surface area contributed by atoms with Crippen molar-refractivity contribution in [3.8, 4) is 0 Å². The Hall–Kier alpha value is -1.62. The molecule has 0 bridgehead atoms. The summed E-state index contributed by atoms with van der Waals surface area (Å²) in [4.78, 5) is 23.2. The predicted molar refractivity (Wildman–Crippen MR) is 76.6 cm³/mol. The van der Waals surface area contributed by atoms with Crippen LogP contribution in [0.15, 0.2) is 60.7 Å². The minimum Gasteiger partial charge on any atom is -1.00 e. The Morgan fingerprint density at radius 2 is 1.52 bits per heavy atom. The van der Waals surface area contributed by atoms with Crippen LogP contribution in [0.5, 0.6) is 0 Å². The molecule has 2 aromatic carbocycles. The molecule has 0 spiro atoms. The number of hydrogen-bond acceptors (Lipinski definition) is 2. The molecule has 0 aliphatic rings. The van der Waals surface area contributed by atoms with Crippen LogP contribution in [-0.4, -0.2) is 23.0 Å². The van der Waals surface area contributed by atoms with Gasteiger partial charge in [-0.15, -0.1) is 0 Å². The fraction of sp³-hybridized carbons (Fsp3) is 0.125. The van der Waals surface area contributed by atoms with Crippen LogP contribution < -0.4 is 34.9 Å². The number of rotatable bonds is 5. The van der Waals surface area contributed by atoms with Crippen LogP contribution in [0.2, 0.25) is 0 Å². The molecule has 21 heavy (non-hydrogen) atoms. The van der Waals surface area contributed by atoms with Gasteiger partial charge < -0.3 is 11.8 Å². The molecule has 1 amide bonds. The maximum Gasteiger partial charge on any atom is 1.00 e. The van der Waals surface area contributed by atoms with Crippen molar-refractivity contribution in [2.24, 2.45) is 0 Å². The summed E-state index contributed by atoms with van der Waals surface area (Å²) in [7, 11) is 0. The van der Waals surface area contributed by atoms with Crippen molar-refractivity contribution in [3.63, 3.8) is 0 Å². The zero-order chi connectivity index (χ0) is 14.4. The SMILES string of the molecule is O=C(NC(Cc1ccccc1)C(=O)O)c1ccccc1.[H-].[Na+]. The third-order valence-electron chi connectivity index (χ3n) is 2.92. The molecule has 0 aromatic heterocycles. The van der Waals surface area contributed by atoms with E-state index in [2.05, 4.69) is 5.32 Å². The van der Waals surface area contributed by atoms with E-state index in [0.717, 1.165) is 5.56 Å². The van der Waals surface area contributed by atoms with E-state index >= 15 is 0 Å². The predicted octanol–water partition coefficient (Wildman–Crippen LogP) is -0.771. The maximum absolute atomic E-state index is 12.0. The molecule has 0 aliphatic carbocycles. The Morgan fingerprint density at radius 1 is 1.00 bits per heavy atom. The summed E-state index contributed by atoms with van der Waals surface area (Å²) >= 11 is 0. The van der Waals surface area contributed by atoms with E-state index in [9.17, 15) is 14.7 Å². The number of carbonyl (C=O) groups excluding carboxylic acids is 1.